The van der Waals surface area contributed by atoms with E-state index in [1.165, 1.54) is 12.1 Å². The highest BCUT2D eigenvalue weighted by molar-refractivity contribution is 14.1. The first-order valence-electron chi connectivity index (χ1n) is 15.7. The van der Waals surface area contributed by atoms with Crippen molar-refractivity contribution in [1.82, 2.24) is 9.13 Å². The maximum Gasteiger partial charge on any atom is 0.534 e. The van der Waals surface area contributed by atoms with Crippen molar-refractivity contribution in [3.05, 3.63) is 121 Å². The second kappa shape index (κ2) is 14.3. The van der Waals surface area contributed by atoms with Gasteiger partial charge in [0.25, 0.3) is 0 Å². The number of hydrogen-bond donors (Lipinski definition) is 1. The lowest BCUT2D eigenvalue weighted by Crippen LogP contribution is -2.28. The Bertz CT molecular complexity index is 2800. The molecule has 14 heteroatoms. The Morgan fingerprint density at radius 3 is 1.55 bits per heavy atom. The van der Waals surface area contributed by atoms with Crippen LogP contribution in [-0.4, -0.2) is 38.0 Å². The Kier molecular flexibility index (Phi) is 9.88. The van der Waals surface area contributed by atoms with Crippen LogP contribution in [0.2, 0.25) is 0 Å². The monoisotopic (exact) mass is 962 g/mol. The Morgan fingerprint density at radius 2 is 1.02 bits per heavy atom. The van der Waals surface area contributed by atoms with Gasteiger partial charge in [-0.15, -0.1) is 0 Å². The first-order valence-corrected chi connectivity index (χ1v) is 21.5. The maximum atomic E-state index is 12.8. The smallest absolute Gasteiger partial charge is 0.507 e. The van der Waals surface area contributed by atoms with Crippen molar-refractivity contribution in [1.29, 1.82) is 0 Å². The minimum absolute atomic E-state index is 0.232. The van der Waals surface area contributed by atoms with E-state index in [-0.39, 0.29) is 11.1 Å². The van der Waals surface area contributed by atoms with Crippen molar-refractivity contribution >= 4 is 98.9 Å². The highest BCUT2D eigenvalue weighted by Crippen LogP contribution is 2.50. The predicted octanol–water partition coefficient (Wildman–Crippen LogP) is 11.8. The van der Waals surface area contributed by atoms with Gasteiger partial charge in [-0.2, -0.15) is 21.6 Å². The summed E-state index contributed by atoms with van der Waals surface area (Å²) in [4.78, 5) is 3.94. The van der Waals surface area contributed by atoms with Gasteiger partial charge in [0, 0.05) is 10.8 Å². The SMILES string of the molecule is CI.CI.O=S(=O)(Oc1ccc2c3c1c1ccccc1n3-c1ccccc1O2)C(F)(F)F.Oc1ccc2c3c1c1ccccc1n3-c1ccccc1O2. The van der Waals surface area contributed by atoms with Crippen molar-refractivity contribution in [2.75, 3.05) is 9.86 Å². The fourth-order valence-corrected chi connectivity index (χ4v) is 7.15. The molecule has 4 heterocycles. The van der Waals surface area contributed by atoms with E-state index in [2.05, 4.69) is 60.0 Å². The molecule has 0 unspecified atom stereocenters. The number of ether oxygens (including phenoxy) is 2. The Labute approximate surface area is 328 Å². The third-order valence-electron chi connectivity index (χ3n) is 8.63. The zero-order chi connectivity index (χ0) is 37.7. The molecular formula is C39H27F3I2N2O6S. The van der Waals surface area contributed by atoms with Gasteiger partial charge in [0.2, 0.25) is 0 Å². The molecule has 8 aromatic rings. The van der Waals surface area contributed by atoms with Crippen LogP contribution in [0, 0.1) is 0 Å². The number of phenolic OH excluding ortho intramolecular Hbond substituents is 1. The van der Waals surface area contributed by atoms with E-state index in [9.17, 15) is 26.7 Å². The molecule has 6 aromatic carbocycles. The maximum absolute atomic E-state index is 12.8. The zero-order valence-corrected chi connectivity index (χ0v) is 32.9. The molecule has 0 bridgehead atoms. The Balaban J connectivity index is 0.000000155. The second-order valence-corrected chi connectivity index (χ2v) is 13.0. The van der Waals surface area contributed by atoms with Gasteiger partial charge in [0.15, 0.2) is 28.7 Å². The summed E-state index contributed by atoms with van der Waals surface area (Å²) in [5.41, 5.74) is -0.708. The molecule has 0 fully saturated rings. The number of nitrogens with zero attached hydrogens (tertiary/aromatic N) is 2. The lowest BCUT2D eigenvalue weighted by atomic mass is 10.1. The summed E-state index contributed by atoms with van der Waals surface area (Å²) < 4.78 is 82.1. The number of para-hydroxylation sites is 6. The van der Waals surface area contributed by atoms with Gasteiger partial charge in [0.1, 0.15) is 16.8 Å². The number of phenols is 1. The van der Waals surface area contributed by atoms with Crippen molar-refractivity contribution < 1.29 is 40.4 Å². The van der Waals surface area contributed by atoms with Gasteiger partial charge >= 0.3 is 15.6 Å². The number of aromatic hydroxyl groups is 1. The third-order valence-corrected chi connectivity index (χ3v) is 9.60. The van der Waals surface area contributed by atoms with Gasteiger partial charge in [-0.05, 0) is 70.5 Å². The van der Waals surface area contributed by atoms with Crippen LogP contribution < -0.4 is 13.7 Å². The molecule has 0 atom stereocenters. The normalized spacial score (nSPS) is 12.2. The molecule has 2 aliphatic rings. The Morgan fingerprint density at radius 1 is 0.585 bits per heavy atom. The summed E-state index contributed by atoms with van der Waals surface area (Å²) in [5.74, 6) is 2.45. The van der Waals surface area contributed by atoms with Crippen LogP contribution in [0.25, 0.3) is 55.0 Å². The predicted molar refractivity (Wildman–Crippen MR) is 219 cm³/mol. The van der Waals surface area contributed by atoms with E-state index in [1.807, 2.05) is 75.1 Å². The van der Waals surface area contributed by atoms with Crippen LogP contribution in [0.3, 0.4) is 0 Å². The highest BCUT2D eigenvalue weighted by Gasteiger charge is 2.49. The lowest BCUT2D eigenvalue weighted by molar-refractivity contribution is -0.0499. The molecular weight excluding hydrogens is 935 g/mol. The number of benzene rings is 6. The quantitative estimate of drug-likeness (QED) is 0.0803. The molecule has 1 N–H and O–H groups in total. The van der Waals surface area contributed by atoms with Crippen molar-refractivity contribution in [3.8, 4) is 45.9 Å². The second-order valence-electron chi connectivity index (χ2n) is 11.4. The minimum Gasteiger partial charge on any atom is -0.507 e. The lowest BCUT2D eigenvalue weighted by Gasteiger charge is -2.21. The summed E-state index contributed by atoms with van der Waals surface area (Å²) in [6, 6.07) is 36.3. The first-order chi connectivity index (χ1) is 25.6. The van der Waals surface area contributed by atoms with Crippen LogP contribution in [-0.2, 0) is 10.1 Å². The molecule has 0 amide bonds. The number of halogens is 5. The van der Waals surface area contributed by atoms with Crippen LogP contribution in [0.4, 0.5) is 13.2 Å². The summed E-state index contributed by atoms with van der Waals surface area (Å²) in [5, 5.41) is 13.0. The number of fused-ring (bicyclic) bond motifs is 10. The fourth-order valence-electron chi connectivity index (χ4n) is 6.68. The van der Waals surface area contributed by atoms with Gasteiger partial charge in [-0.1, -0.05) is 106 Å². The molecule has 10 rings (SSSR count). The fraction of sp³-hybridized carbons (Fsp3) is 0.0769. The third kappa shape index (κ3) is 6.00. The molecule has 0 radical (unpaired) electrons. The minimum atomic E-state index is -5.81. The molecule has 8 nitrogen and oxygen atoms in total. The summed E-state index contributed by atoms with van der Waals surface area (Å²) in [6.45, 7) is 0. The van der Waals surface area contributed by atoms with Crippen LogP contribution >= 0.6 is 45.2 Å². The number of aromatic nitrogens is 2. The van der Waals surface area contributed by atoms with Crippen LogP contribution in [0.1, 0.15) is 0 Å². The van der Waals surface area contributed by atoms with Crippen molar-refractivity contribution in [2.24, 2.45) is 0 Å². The summed E-state index contributed by atoms with van der Waals surface area (Å²) >= 11 is 4.30. The van der Waals surface area contributed by atoms with Crippen molar-refractivity contribution in [3.63, 3.8) is 0 Å². The average molecular weight is 963 g/mol. The Hall–Kier alpha value is -4.68. The number of alkyl halides is 5. The van der Waals surface area contributed by atoms with Gasteiger partial charge < -0.3 is 27.9 Å². The average Bonchev–Trinajstić information content (AvgIpc) is 3.72. The van der Waals surface area contributed by atoms with Crippen LogP contribution in [0.5, 0.6) is 34.5 Å². The number of rotatable bonds is 2. The molecule has 2 aromatic heterocycles. The molecule has 53 heavy (non-hydrogen) atoms. The van der Waals surface area contributed by atoms with E-state index in [4.69, 9.17) is 9.47 Å². The van der Waals surface area contributed by atoms with E-state index in [1.54, 1.807) is 42.5 Å². The van der Waals surface area contributed by atoms with Gasteiger partial charge in [-0.3, -0.25) is 0 Å². The summed E-state index contributed by atoms with van der Waals surface area (Å²) in [7, 11) is -5.81. The van der Waals surface area contributed by atoms with Crippen molar-refractivity contribution in [2.45, 2.75) is 5.51 Å². The van der Waals surface area contributed by atoms with E-state index < -0.39 is 21.4 Å². The molecule has 0 aliphatic carbocycles. The molecule has 0 saturated carbocycles. The largest absolute Gasteiger partial charge is 0.534 e. The van der Waals surface area contributed by atoms with E-state index in [0.717, 1.165) is 39.0 Å². The molecule has 2 aliphatic heterocycles. The van der Waals surface area contributed by atoms with Gasteiger partial charge in [0.05, 0.1) is 33.2 Å². The van der Waals surface area contributed by atoms with E-state index >= 15 is 0 Å². The van der Waals surface area contributed by atoms with Crippen LogP contribution in [0.15, 0.2) is 121 Å². The van der Waals surface area contributed by atoms with E-state index in [0.29, 0.717) is 33.6 Å². The van der Waals surface area contributed by atoms with Gasteiger partial charge in [-0.25, -0.2) is 0 Å². The summed E-state index contributed by atoms with van der Waals surface area (Å²) in [6.07, 6.45) is 0. The standard InChI is InChI=1S/C19H10F3NO4S.C18H11NO2.2CH3I/c20-19(21,22)28(24,25)27-15-9-10-16-18-17(15)11-5-1-2-6-12(11)23(18)13-7-3-4-8-14(13)26-16;20-14-9-10-16-18-17(14)11-5-1-2-6-12(11)19(18)13-7-3-4-8-15(13)21-16;2*1-2/h1-10H;1-10,20H;2*1H3. The molecule has 0 saturated heterocycles. The molecule has 0 spiro atoms. The topological polar surface area (TPSA) is 91.9 Å². The zero-order valence-electron chi connectivity index (χ0n) is 27.7. The first kappa shape index (κ1) is 36.7. The number of hydrogen-bond acceptors (Lipinski definition) is 6. The highest BCUT2D eigenvalue weighted by atomic mass is 127. The molecule has 270 valence electrons.